The van der Waals surface area contributed by atoms with Crippen LogP contribution in [0, 0.1) is 11.3 Å². The summed E-state index contributed by atoms with van der Waals surface area (Å²) in [6, 6.07) is 6.82. The smallest absolute Gasteiger partial charge is 0.122 e. The van der Waals surface area contributed by atoms with Crippen LogP contribution in [-0.4, -0.2) is 20.2 Å². The average Bonchev–Trinajstić information content (AvgIpc) is 2.45. The summed E-state index contributed by atoms with van der Waals surface area (Å²) in [5.41, 5.74) is 1.82. The van der Waals surface area contributed by atoms with Crippen molar-refractivity contribution in [1.29, 1.82) is 0 Å². The van der Waals surface area contributed by atoms with Crippen LogP contribution in [0.4, 0.5) is 0 Å². The maximum Gasteiger partial charge on any atom is 0.122 e. The molecule has 1 unspecified atom stereocenters. The Balaban J connectivity index is 2.07. The van der Waals surface area contributed by atoms with Gasteiger partial charge in [0.05, 0.1) is 7.11 Å². The van der Waals surface area contributed by atoms with Gasteiger partial charge in [0.25, 0.3) is 0 Å². The first-order valence-corrected chi connectivity index (χ1v) is 8.74. The molecule has 1 aliphatic rings. The lowest BCUT2D eigenvalue weighted by Gasteiger charge is -2.38. The van der Waals surface area contributed by atoms with Gasteiger partial charge >= 0.3 is 0 Å². The third-order valence-electron chi connectivity index (χ3n) is 5.01. The summed E-state index contributed by atoms with van der Waals surface area (Å²) in [5, 5.41) is 3.55. The van der Waals surface area contributed by atoms with Crippen molar-refractivity contribution in [3.8, 4) is 5.75 Å². The summed E-state index contributed by atoms with van der Waals surface area (Å²) < 4.78 is 6.64. The van der Waals surface area contributed by atoms with Crippen molar-refractivity contribution in [1.82, 2.24) is 5.32 Å². The number of hydrogen-bond acceptors (Lipinski definition) is 2. The van der Waals surface area contributed by atoms with Gasteiger partial charge < -0.3 is 10.1 Å². The minimum absolute atomic E-state index is 0.530. The van der Waals surface area contributed by atoms with Gasteiger partial charge in [-0.3, -0.25) is 0 Å². The van der Waals surface area contributed by atoms with Crippen molar-refractivity contribution in [2.75, 3.05) is 14.2 Å². The number of hydrogen-bond donors (Lipinski definition) is 1. The fourth-order valence-electron chi connectivity index (χ4n) is 3.47. The normalized spacial score (nSPS) is 20.2. The second-order valence-corrected chi connectivity index (χ2v) is 7.97. The van der Waals surface area contributed by atoms with E-state index in [1.54, 1.807) is 7.11 Å². The molecule has 0 spiro atoms. The van der Waals surface area contributed by atoms with E-state index < -0.39 is 0 Å². The average molecular weight is 354 g/mol. The number of halogens is 1. The van der Waals surface area contributed by atoms with E-state index in [4.69, 9.17) is 4.74 Å². The Bertz CT molecular complexity index is 462. The second-order valence-electron chi connectivity index (χ2n) is 7.06. The predicted molar refractivity (Wildman–Crippen MR) is 93.0 cm³/mol. The molecule has 2 nitrogen and oxygen atoms in total. The van der Waals surface area contributed by atoms with Crippen molar-refractivity contribution < 1.29 is 4.74 Å². The van der Waals surface area contributed by atoms with E-state index in [0.717, 1.165) is 22.6 Å². The SMILES string of the molecule is CNC(Cc1cc(Br)ccc1OC)C1CCC(C)(C)CC1. The van der Waals surface area contributed by atoms with E-state index in [1.165, 1.54) is 31.2 Å². The molecule has 0 bridgehead atoms. The molecular weight excluding hydrogens is 326 g/mol. The minimum Gasteiger partial charge on any atom is -0.496 e. The van der Waals surface area contributed by atoms with Gasteiger partial charge in [-0.1, -0.05) is 29.8 Å². The van der Waals surface area contributed by atoms with Crippen molar-refractivity contribution in [3.63, 3.8) is 0 Å². The summed E-state index contributed by atoms with van der Waals surface area (Å²) in [5.74, 6) is 1.77. The number of nitrogens with one attached hydrogen (secondary N) is 1. The highest BCUT2D eigenvalue weighted by Crippen LogP contribution is 2.40. The van der Waals surface area contributed by atoms with Crippen LogP contribution in [0.25, 0.3) is 0 Å². The minimum atomic E-state index is 0.530. The predicted octanol–water partition coefficient (Wildman–Crippen LogP) is 4.80. The van der Waals surface area contributed by atoms with Gasteiger partial charge in [0.15, 0.2) is 0 Å². The monoisotopic (exact) mass is 353 g/mol. The van der Waals surface area contributed by atoms with Crippen LogP contribution in [0.2, 0.25) is 0 Å². The summed E-state index contributed by atoms with van der Waals surface area (Å²) in [6.07, 6.45) is 6.37. The number of rotatable bonds is 5. The Morgan fingerprint density at radius 3 is 2.57 bits per heavy atom. The second kappa shape index (κ2) is 7.15. The molecule has 1 aromatic carbocycles. The van der Waals surface area contributed by atoms with Crippen molar-refractivity contribution in [2.24, 2.45) is 11.3 Å². The number of benzene rings is 1. The van der Waals surface area contributed by atoms with E-state index in [1.807, 2.05) is 6.07 Å². The summed E-state index contributed by atoms with van der Waals surface area (Å²) in [6.45, 7) is 4.80. The molecule has 0 aromatic heterocycles. The van der Waals surface area contributed by atoms with E-state index in [0.29, 0.717) is 11.5 Å². The van der Waals surface area contributed by atoms with Gasteiger partial charge in [-0.15, -0.1) is 0 Å². The van der Waals surface area contributed by atoms with Crippen LogP contribution in [-0.2, 0) is 6.42 Å². The molecule has 0 amide bonds. The lowest BCUT2D eigenvalue weighted by molar-refractivity contribution is 0.163. The van der Waals surface area contributed by atoms with Crippen molar-refractivity contribution in [2.45, 2.75) is 52.0 Å². The lowest BCUT2D eigenvalue weighted by atomic mass is 9.70. The number of methoxy groups -OCH3 is 1. The zero-order valence-electron chi connectivity index (χ0n) is 13.7. The molecule has 0 heterocycles. The maximum absolute atomic E-state index is 5.52. The van der Waals surface area contributed by atoms with Gasteiger partial charge in [-0.05, 0) is 74.2 Å². The zero-order valence-corrected chi connectivity index (χ0v) is 15.3. The number of ether oxygens (including phenoxy) is 1. The third kappa shape index (κ3) is 4.46. The van der Waals surface area contributed by atoms with Crippen LogP contribution in [0.5, 0.6) is 5.75 Å². The van der Waals surface area contributed by atoms with Crippen molar-refractivity contribution in [3.05, 3.63) is 28.2 Å². The standard InChI is InChI=1S/C18H28BrNO/c1-18(2)9-7-13(8-10-18)16(20-3)12-14-11-15(19)5-6-17(14)21-4/h5-6,11,13,16,20H,7-10,12H2,1-4H3. The van der Waals surface area contributed by atoms with E-state index in [-0.39, 0.29) is 0 Å². The molecule has 1 N–H and O–H groups in total. The molecule has 2 rings (SSSR count). The first-order valence-electron chi connectivity index (χ1n) is 7.95. The molecule has 1 saturated carbocycles. The Morgan fingerprint density at radius 1 is 1.33 bits per heavy atom. The Hall–Kier alpha value is -0.540. The van der Waals surface area contributed by atoms with Gasteiger partial charge in [0, 0.05) is 10.5 Å². The van der Waals surface area contributed by atoms with E-state index in [9.17, 15) is 0 Å². The van der Waals surface area contributed by atoms with Crippen LogP contribution in [0.15, 0.2) is 22.7 Å². The highest BCUT2D eigenvalue weighted by Gasteiger charge is 2.31. The molecule has 3 heteroatoms. The lowest BCUT2D eigenvalue weighted by Crippen LogP contribution is -2.39. The van der Waals surface area contributed by atoms with Gasteiger partial charge in [-0.25, -0.2) is 0 Å². The van der Waals surface area contributed by atoms with E-state index in [2.05, 4.69) is 54.3 Å². The molecule has 1 aliphatic carbocycles. The van der Waals surface area contributed by atoms with Crippen LogP contribution in [0.3, 0.4) is 0 Å². The van der Waals surface area contributed by atoms with Gasteiger partial charge in [0.2, 0.25) is 0 Å². The molecule has 0 aliphatic heterocycles. The van der Waals surface area contributed by atoms with Gasteiger partial charge in [-0.2, -0.15) is 0 Å². The first kappa shape index (κ1) is 16.8. The maximum atomic E-state index is 5.52. The quantitative estimate of drug-likeness (QED) is 0.820. The summed E-state index contributed by atoms with van der Waals surface area (Å²) in [7, 11) is 3.85. The van der Waals surface area contributed by atoms with Crippen LogP contribution < -0.4 is 10.1 Å². The first-order chi connectivity index (χ1) is 9.95. The molecular formula is C18H28BrNO. The topological polar surface area (TPSA) is 21.3 Å². The van der Waals surface area contributed by atoms with E-state index >= 15 is 0 Å². The zero-order chi connectivity index (χ0) is 15.5. The van der Waals surface area contributed by atoms with Gasteiger partial charge in [0.1, 0.15) is 5.75 Å². The fraction of sp³-hybridized carbons (Fsp3) is 0.667. The van der Waals surface area contributed by atoms with Crippen LogP contribution in [0.1, 0.15) is 45.1 Å². The van der Waals surface area contributed by atoms with Crippen LogP contribution >= 0.6 is 15.9 Å². The molecule has 1 fully saturated rings. The molecule has 1 aromatic rings. The molecule has 1 atom stereocenters. The highest BCUT2D eigenvalue weighted by molar-refractivity contribution is 9.10. The summed E-state index contributed by atoms with van der Waals surface area (Å²) >= 11 is 3.57. The Kier molecular flexibility index (Phi) is 5.73. The summed E-state index contributed by atoms with van der Waals surface area (Å²) in [4.78, 5) is 0. The molecule has 0 radical (unpaired) electrons. The van der Waals surface area contributed by atoms with Crippen molar-refractivity contribution >= 4 is 15.9 Å². The highest BCUT2D eigenvalue weighted by atomic mass is 79.9. The molecule has 0 saturated heterocycles. The number of likely N-dealkylation sites (N-methyl/N-ethyl adjacent to an activating group) is 1. The largest absolute Gasteiger partial charge is 0.496 e. The fourth-order valence-corrected chi connectivity index (χ4v) is 3.88. The Morgan fingerprint density at radius 2 is 2.00 bits per heavy atom. The Labute approximate surface area is 137 Å². The molecule has 21 heavy (non-hydrogen) atoms. The third-order valence-corrected chi connectivity index (χ3v) is 5.50. The molecule has 118 valence electrons.